The number of rotatable bonds is 2. The van der Waals surface area contributed by atoms with Crippen molar-refractivity contribution in [1.29, 1.82) is 5.26 Å². The van der Waals surface area contributed by atoms with Gasteiger partial charge in [0.15, 0.2) is 0 Å². The highest BCUT2D eigenvalue weighted by Gasteiger charge is 1.98. The summed E-state index contributed by atoms with van der Waals surface area (Å²) in [6.07, 6.45) is 1.60. The molecule has 0 saturated carbocycles. The summed E-state index contributed by atoms with van der Waals surface area (Å²) in [7, 11) is 0. The Kier molecular flexibility index (Phi) is 2.15. The van der Waals surface area contributed by atoms with Gasteiger partial charge in [0.1, 0.15) is 5.75 Å². The molecule has 0 aliphatic carbocycles. The molecular formula is C10H7N3O. The highest BCUT2D eigenvalue weighted by Crippen LogP contribution is 2.19. The van der Waals surface area contributed by atoms with E-state index in [4.69, 9.17) is 10.00 Å². The van der Waals surface area contributed by atoms with Crippen LogP contribution in [0, 0.1) is 11.3 Å². The number of hydrogen-bond acceptors (Lipinski definition) is 3. The molecule has 0 fully saturated rings. The largest absolute Gasteiger partial charge is 0.439 e. The van der Waals surface area contributed by atoms with Crippen molar-refractivity contribution in [1.82, 2.24) is 10.2 Å². The number of nitrogens with one attached hydrogen (secondary N) is 1. The number of benzene rings is 1. The van der Waals surface area contributed by atoms with Gasteiger partial charge in [0.05, 0.1) is 17.8 Å². The van der Waals surface area contributed by atoms with Crippen LogP contribution in [0.1, 0.15) is 5.56 Å². The maximum Gasteiger partial charge on any atom is 0.215 e. The molecule has 0 atom stereocenters. The fourth-order valence-electron chi connectivity index (χ4n) is 1.06. The molecule has 0 bridgehead atoms. The van der Waals surface area contributed by atoms with Crippen molar-refractivity contribution in [2.75, 3.05) is 0 Å². The molecule has 0 spiro atoms. The van der Waals surface area contributed by atoms with E-state index in [0.717, 1.165) is 0 Å². The maximum absolute atomic E-state index is 8.66. The first-order valence-corrected chi connectivity index (χ1v) is 4.06. The number of nitrogens with zero attached hydrogens (tertiary/aromatic N) is 2. The van der Waals surface area contributed by atoms with Crippen molar-refractivity contribution in [3.05, 3.63) is 42.1 Å². The average Bonchev–Trinajstić information content (AvgIpc) is 2.71. The molecule has 1 N–H and O–H groups in total. The van der Waals surface area contributed by atoms with E-state index in [-0.39, 0.29) is 0 Å². The summed E-state index contributed by atoms with van der Waals surface area (Å²) in [6, 6.07) is 10.7. The molecule has 14 heavy (non-hydrogen) atoms. The lowest BCUT2D eigenvalue weighted by Crippen LogP contribution is -1.84. The van der Waals surface area contributed by atoms with Crippen molar-refractivity contribution in [2.24, 2.45) is 0 Å². The smallest absolute Gasteiger partial charge is 0.215 e. The van der Waals surface area contributed by atoms with Gasteiger partial charge >= 0.3 is 0 Å². The Morgan fingerprint density at radius 1 is 1.36 bits per heavy atom. The van der Waals surface area contributed by atoms with E-state index in [1.54, 1.807) is 36.5 Å². The van der Waals surface area contributed by atoms with Crippen molar-refractivity contribution in [3.8, 4) is 17.7 Å². The van der Waals surface area contributed by atoms with E-state index < -0.39 is 0 Å². The van der Waals surface area contributed by atoms with E-state index in [2.05, 4.69) is 10.2 Å². The van der Waals surface area contributed by atoms with Gasteiger partial charge in [0.25, 0.3) is 0 Å². The maximum atomic E-state index is 8.66. The predicted molar refractivity (Wildman–Crippen MR) is 49.8 cm³/mol. The lowest BCUT2D eigenvalue weighted by molar-refractivity contribution is 0.461. The summed E-state index contributed by atoms with van der Waals surface area (Å²) < 4.78 is 5.39. The first kappa shape index (κ1) is 8.32. The molecule has 4 nitrogen and oxygen atoms in total. The summed E-state index contributed by atoms with van der Waals surface area (Å²) in [5.41, 5.74) is 0.571. The minimum Gasteiger partial charge on any atom is -0.439 e. The third-order valence-electron chi connectivity index (χ3n) is 1.67. The second kappa shape index (κ2) is 3.62. The summed E-state index contributed by atoms with van der Waals surface area (Å²) in [6.45, 7) is 0. The Morgan fingerprint density at radius 3 is 3.00 bits per heavy atom. The van der Waals surface area contributed by atoms with Crippen LogP contribution in [0.15, 0.2) is 36.5 Å². The molecule has 0 aliphatic rings. The van der Waals surface area contributed by atoms with E-state index in [9.17, 15) is 0 Å². The summed E-state index contributed by atoms with van der Waals surface area (Å²) >= 11 is 0. The van der Waals surface area contributed by atoms with Gasteiger partial charge < -0.3 is 4.74 Å². The number of aromatic nitrogens is 2. The van der Waals surface area contributed by atoms with Gasteiger partial charge in [0, 0.05) is 6.07 Å². The second-order valence-electron chi connectivity index (χ2n) is 2.66. The molecule has 1 aromatic heterocycles. The van der Waals surface area contributed by atoms with E-state index in [0.29, 0.717) is 17.2 Å². The summed E-state index contributed by atoms with van der Waals surface area (Å²) in [5.74, 6) is 1.17. The Labute approximate surface area is 80.8 Å². The van der Waals surface area contributed by atoms with Crippen LogP contribution in [-0.2, 0) is 0 Å². The van der Waals surface area contributed by atoms with Gasteiger partial charge in [-0.2, -0.15) is 10.4 Å². The fourth-order valence-corrected chi connectivity index (χ4v) is 1.06. The Bertz CT molecular complexity index is 456. The van der Waals surface area contributed by atoms with Crippen LogP contribution in [0.2, 0.25) is 0 Å². The predicted octanol–water partition coefficient (Wildman–Crippen LogP) is 2.07. The summed E-state index contributed by atoms with van der Waals surface area (Å²) in [5, 5.41) is 15.1. The van der Waals surface area contributed by atoms with Crippen molar-refractivity contribution < 1.29 is 4.74 Å². The van der Waals surface area contributed by atoms with Gasteiger partial charge in [-0.25, -0.2) is 5.10 Å². The minimum absolute atomic E-state index is 0.556. The Hall–Kier alpha value is -2.28. The minimum atomic E-state index is 0.556. The number of ether oxygens (including phenoxy) is 1. The van der Waals surface area contributed by atoms with Crippen LogP contribution >= 0.6 is 0 Å². The monoisotopic (exact) mass is 185 g/mol. The molecule has 0 aliphatic heterocycles. The van der Waals surface area contributed by atoms with Gasteiger partial charge in [-0.1, -0.05) is 6.07 Å². The number of aromatic amines is 1. The first-order valence-electron chi connectivity index (χ1n) is 4.06. The van der Waals surface area contributed by atoms with E-state index in [1.807, 2.05) is 6.07 Å². The Morgan fingerprint density at radius 2 is 2.29 bits per heavy atom. The van der Waals surface area contributed by atoms with Crippen LogP contribution in [0.3, 0.4) is 0 Å². The van der Waals surface area contributed by atoms with Crippen LogP contribution in [0.5, 0.6) is 11.6 Å². The van der Waals surface area contributed by atoms with Crippen molar-refractivity contribution in [3.63, 3.8) is 0 Å². The van der Waals surface area contributed by atoms with Crippen LogP contribution in [0.25, 0.3) is 0 Å². The topological polar surface area (TPSA) is 61.7 Å². The molecule has 0 unspecified atom stereocenters. The molecule has 2 aromatic rings. The zero-order valence-electron chi connectivity index (χ0n) is 7.27. The normalized spacial score (nSPS) is 9.36. The zero-order chi connectivity index (χ0) is 9.80. The highest BCUT2D eigenvalue weighted by molar-refractivity contribution is 5.37. The molecule has 2 rings (SSSR count). The van der Waals surface area contributed by atoms with E-state index in [1.165, 1.54) is 0 Å². The van der Waals surface area contributed by atoms with Crippen molar-refractivity contribution >= 4 is 0 Å². The number of H-pyrrole nitrogens is 1. The number of hydrogen-bond donors (Lipinski definition) is 1. The van der Waals surface area contributed by atoms with Gasteiger partial charge in [0.2, 0.25) is 5.88 Å². The SMILES string of the molecule is N#Cc1cccc(Oc2ccn[nH]2)c1. The summed E-state index contributed by atoms with van der Waals surface area (Å²) in [4.78, 5) is 0. The molecular weight excluding hydrogens is 178 g/mol. The lowest BCUT2D eigenvalue weighted by Gasteiger charge is -2.01. The van der Waals surface area contributed by atoms with Crippen molar-refractivity contribution in [2.45, 2.75) is 0 Å². The zero-order valence-corrected chi connectivity index (χ0v) is 7.27. The molecule has 0 radical (unpaired) electrons. The highest BCUT2D eigenvalue weighted by atomic mass is 16.5. The van der Waals surface area contributed by atoms with Gasteiger partial charge in [-0.3, -0.25) is 0 Å². The molecule has 68 valence electrons. The van der Waals surface area contributed by atoms with E-state index >= 15 is 0 Å². The fraction of sp³-hybridized carbons (Fsp3) is 0. The lowest BCUT2D eigenvalue weighted by atomic mass is 10.2. The number of nitriles is 1. The quantitative estimate of drug-likeness (QED) is 0.779. The van der Waals surface area contributed by atoms with Gasteiger partial charge in [-0.05, 0) is 18.2 Å². The second-order valence-corrected chi connectivity index (χ2v) is 2.66. The molecule has 0 amide bonds. The first-order chi connectivity index (χ1) is 6.88. The van der Waals surface area contributed by atoms with Gasteiger partial charge in [-0.15, -0.1) is 0 Å². The third kappa shape index (κ3) is 1.72. The van der Waals surface area contributed by atoms with Crippen LogP contribution in [-0.4, -0.2) is 10.2 Å². The van der Waals surface area contributed by atoms with Crippen LogP contribution < -0.4 is 4.74 Å². The standard InChI is InChI=1S/C10H7N3O/c11-7-8-2-1-3-9(6-8)14-10-4-5-12-13-10/h1-6H,(H,12,13). The molecule has 0 saturated heterocycles. The van der Waals surface area contributed by atoms with Crippen LogP contribution in [0.4, 0.5) is 0 Å². The molecule has 1 heterocycles. The molecule has 4 heteroatoms. The average molecular weight is 185 g/mol. The molecule has 1 aromatic carbocycles. The Balaban J connectivity index is 2.22. The third-order valence-corrected chi connectivity index (χ3v) is 1.67.